The summed E-state index contributed by atoms with van der Waals surface area (Å²) in [5, 5.41) is 33.6. The molecule has 0 saturated heterocycles. The van der Waals surface area contributed by atoms with Crippen molar-refractivity contribution >= 4 is 11.8 Å². The van der Waals surface area contributed by atoms with Crippen molar-refractivity contribution in [2.24, 2.45) is 22.9 Å². The van der Waals surface area contributed by atoms with E-state index in [4.69, 9.17) is 28.5 Å². The SMILES string of the molecule is C=CCOc1ccc2c(c1)[C@H]1[C@H](CCCCO)[C@@H](CCCCO)C=C3C(=NOCC)C[C@H](N(CCOCCO)C(=O)OCC)[C@@](OCC=C)(O2)[C@H]31. The van der Waals surface area contributed by atoms with Gasteiger partial charge in [0.25, 0.3) is 0 Å². The number of unbranched alkanes of at least 4 members (excludes halogenated alkanes) is 2. The molecule has 4 rings (SSSR count). The van der Waals surface area contributed by atoms with Gasteiger partial charge in [-0.15, -0.1) is 6.58 Å². The lowest BCUT2D eigenvalue weighted by atomic mass is 9.55. The van der Waals surface area contributed by atoms with Gasteiger partial charge in [-0.25, -0.2) is 4.79 Å². The van der Waals surface area contributed by atoms with Gasteiger partial charge in [0.1, 0.15) is 30.8 Å². The second-order valence-corrected chi connectivity index (χ2v) is 13.0. The molecule has 12 nitrogen and oxygen atoms in total. The summed E-state index contributed by atoms with van der Waals surface area (Å²) in [6.45, 7) is 12.9. The highest BCUT2D eigenvalue weighted by Crippen LogP contribution is 2.61. The number of hydrogen-bond donors (Lipinski definition) is 3. The number of aliphatic hydroxyl groups excluding tert-OH is 3. The first-order valence-corrected chi connectivity index (χ1v) is 18.5. The Bertz CT molecular complexity index is 1330. The van der Waals surface area contributed by atoms with E-state index in [0.29, 0.717) is 43.3 Å². The summed E-state index contributed by atoms with van der Waals surface area (Å²) in [5.74, 6) is -0.504. The molecule has 1 aromatic carbocycles. The van der Waals surface area contributed by atoms with Crippen LogP contribution < -0.4 is 9.47 Å². The van der Waals surface area contributed by atoms with Gasteiger partial charge in [0.2, 0.25) is 5.79 Å². The highest BCUT2D eigenvalue weighted by Gasteiger charge is 2.65. The highest BCUT2D eigenvalue weighted by molar-refractivity contribution is 6.02. The number of carbonyl (C=O) groups is 1. The molecule has 0 unspecified atom stereocenters. The number of benzene rings is 1. The van der Waals surface area contributed by atoms with E-state index in [-0.39, 0.29) is 77.0 Å². The molecule has 3 aliphatic rings. The molecule has 0 bridgehead atoms. The molecule has 1 fully saturated rings. The molecule has 12 heteroatoms. The van der Waals surface area contributed by atoms with Crippen molar-refractivity contribution in [3.05, 3.63) is 60.7 Å². The summed E-state index contributed by atoms with van der Waals surface area (Å²) in [6, 6.07) is 5.09. The van der Waals surface area contributed by atoms with Crippen LogP contribution in [0.3, 0.4) is 0 Å². The zero-order chi connectivity index (χ0) is 36.6. The van der Waals surface area contributed by atoms with Crippen molar-refractivity contribution in [3.63, 3.8) is 0 Å². The Morgan fingerprint density at radius 1 is 1.02 bits per heavy atom. The van der Waals surface area contributed by atoms with Crippen LogP contribution in [-0.2, 0) is 19.0 Å². The Balaban J connectivity index is 2.01. The fraction of sp³-hybridized carbons (Fsp3) is 0.641. The van der Waals surface area contributed by atoms with E-state index in [0.717, 1.165) is 36.8 Å². The van der Waals surface area contributed by atoms with Gasteiger partial charge in [0.05, 0.1) is 44.7 Å². The van der Waals surface area contributed by atoms with E-state index in [1.807, 2.05) is 25.1 Å². The Hall–Kier alpha value is -3.42. The van der Waals surface area contributed by atoms with Crippen molar-refractivity contribution < 1.29 is 48.6 Å². The molecule has 1 amide bonds. The lowest BCUT2D eigenvalue weighted by molar-refractivity contribution is -0.256. The second-order valence-electron chi connectivity index (χ2n) is 13.0. The molecular formula is C39H58N2O10. The van der Waals surface area contributed by atoms with Gasteiger partial charge in [-0.3, -0.25) is 4.90 Å². The fourth-order valence-electron chi connectivity index (χ4n) is 7.95. The number of aliphatic hydroxyl groups is 3. The van der Waals surface area contributed by atoms with E-state index in [9.17, 15) is 20.1 Å². The first kappa shape index (κ1) is 40.4. The van der Waals surface area contributed by atoms with Gasteiger partial charge >= 0.3 is 6.09 Å². The highest BCUT2D eigenvalue weighted by atomic mass is 16.7. The second kappa shape index (κ2) is 20.6. The van der Waals surface area contributed by atoms with Gasteiger partial charge in [0.15, 0.2) is 0 Å². The zero-order valence-corrected chi connectivity index (χ0v) is 30.4. The van der Waals surface area contributed by atoms with Crippen LogP contribution in [0.4, 0.5) is 4.79 Å². The van der Waals surface area contributed by atoms with E-state index in [1.54, 1.807) is 24.0 Å². The number of rotatable bonds is 23. The van der Waals surface area contributed by atoms with Gasteiger partial charge < -0.3 is 43.8 Å². The maximum Gasteiger partial charge on any atom is 0.410 e. The number of ether oxygens (including phenoxy) is 5. The molecule has 1 aromatic rings. The van der Waals surface area contributed by atoms with Crippen LogP contribution in [0.15, 0.2) is 60.3 Å². The third-order valence-electron chi connectivity index (χ3n) is 9.91. The quantitative estimate of drug-likeness (QED) is 0.0768. The first-order chi connectivity index (χ1) is 24.9. The average molecular weight is 715 g/mol. The first-order valence-electron chi connectivity index (χ1n) is 18.5. The number of amides is 1. The number of allylic oxidation sites excluding steroid dienone is 1. The van der Waals surface area contributed by atoms with Gasteiger partial charge in [-0.1, -0.05) is 42.8 Å². The molecule has 1 saturated carbocycles. The van der Waals surface area contributed by atoms with Crippen LogP contribution in [0.2, 0.25) is 0 Å². The van der Waals surface area contributed by atoms with Crippen molar-refractivity contribution in [3.8, 4) is 11.5 Å². The Morgan fingerprint density at radius 2 is 1.78 bits per heavy atom. The molecule has 3 N–H and O–H groups in total. The van der Waals surface area contributed by atoms with Crippen LogP contribution >= 0.6 is 0 Å². The number of carbonyl (C=O) groups excluding carboxylic acids is 1. The maximum atomic E-state index is 13.9. The van der Waals surface area contributed by atoms with E-state index < -0.39 is 23.8 Å². The fourth-order valence-corrected chi connectivity index (χ4v) is 7.95. The molecule has 0 radical (unpaired) electrons. The molecule has 1 heterocycles. The molecule has 0 spiro atoms. The van der Waals surface area contributed by atoms with Crippen LogP contribution in [0.1, 0.15) is 70.3 Å². The van der Waals surface area contributed by atoms with Crippen molar-refractivity contribution in [1.29, 1.82) is 0 Å². The average Bonchev–Trinajstić information content (AvgIpc) is 3.14. The number of nitrogens with zero attached hydrogens (tertiary/aromatic N) is 2. The summed E-state index contributed by atoms with van der Waals surface area (Å²) >= 11 is 0. The Labute approximate surface area is 302 Å². The monoisotopic (exact) mass is 714 g/mol. The molecule has 284 valence electrons. The van der Waals surface area contributed by atoms with Crippen molar-refractivity contribution in [2.75, 3.05) is 66.0 Å². The number of fused-ring (bicyclic) bond motifs is 2. The zero-order valence-electron chi connectivity index (χ0n) is 30.4. The van der Waals surface area contributed by atoms with E-state index in [2.05, 4.69) is 24.4 Å². The molecular weight excluding hydrogens is 656 g/mol. The largest absolute Gasteiger partial charge is 0.490 e. The Morgan fingerprint density at radius 3 is 2.47 bits per heavy atom. The summed E-state index contributed by atoms with van der Waals surface area (Å²) < 4.78 is 31.4. The summed E-state index contributed by atoms with van der Waals surface area (Å²) in [5.41, 5.74) is 2.62. The molecule has 2 aliphatic carbocycles. The maximum absolute atomic E-state index is 13.9. The van der Waals surface area contributed by atoms with Gasteiger partial charge in [-0.05, 0) is 75.1 Å². The van der Waals surface area contributed by atoms with Crippen LogP contribution in [-0.4, -0.2) is 110 Å². The van der Waals surface area contributed by atoms with E-state index in [1.165, 1.54) is 0 Å². The number of oxime groups is 1. The van der Waals surface area contributed by atoms with Crippen molar-refractivity contribution in [2.45, 2.75) is 76.5 Å². The third kappa shape index (κ3) is 9.53. The standard InChI is InChI=1S/C39H58N2O10/c1-5-21-48-29-15-16-34-32(26-29)36-30(14-10-12-19-43)28(13-9-11-18-42)25-31-33(40-50-8-4)27-35(39(51-34,37(31)36)49-22-6-2)41(38(45)47-7-3)17-23-46-24-20-44/h5-6,15-16,25-26,28,30,35-37,42-44H,1-2,7-14,17-24,27H2,3-4H3/t28-,30+,35-,36+,37+,39+/m0/s1. The third-order valence-corrected chi connectivity index (χ3v) is 9.91. The minimum absolute atomic E-state index is 0.0871. The normalized spacial score (nSPS) is 25.5. The lowest BCUT2D eigenvalue weighted by Crippen LogP contribution is -2.70. The van der Waals surface area contributed by atoms with E-state index >= 15 is 0 Å². The van der Waals surface area contributed by atoms with Crippen LogP contribution in [0.25, 0.3) is 0 Å². The Kier molecular flexibility index (Phi) is 16.3. The minimum Gasteiger partial charge on any atom is -0.490 e. The molecule has 6 atom stereocenters. The van der Waals surface area contributed by atoms with Gasteiger partial charge in [-0.2, -0.15) is 0 Å². The molecule has 0 aromatic heterocycles. The summed E-state index contributed by atoms with van der Waals surface area (Å²) in [4.78, 5) is 21.3. The van der Waals surface area contributed by atoms with Crippen molar-refractivity contribution in [1.82, 2.24) is 4.90 Å². The van der Waals surface area contributed by atoms with Crippen LogP contribution in [0.5, 0.6) is 11.5 Å². The molecule has 1 aliphatic heterocycles. The lowest BCUT2D eigenvalue weighted by Gasteiger charge is -2.59. The topological polar surface area (TPSA) is 149 Å². The number of hydrogen-bond acceptors (Lipinski definition) is 11. The van der Waals surface area contributed by atoms with Gasteiger partial charge in [0, 0.05) is 37.7 Å². The summed E-state index contributed by atoms with van der Waals surface area (Å²) in [6.07, 6.45) is 10.1. The molecule has 51 heavy (non-hydrogen) atoms. The predicted molar refractivity (Wildman–Crippen MR) is 194 cm³/mol. The summed E-state index contributed by atoms with van der Waals surface area (Å²) in [7, 11) is 0. The smallest absolute Gasteiger partial charge is 0.410 e. The van der Waals surface area contributed by atoms with Crippen LogP contribution in [0, 0.1) is 17.8 Å². The predicted octanol–water partition coefficient (Wildman–Crippen LogP) is 5.37. The minimum atomic E-state index is -1.40.